The van der Waals surface area contributed by atoms with E-state index in [1.165, 1.54) is 33.4 Å². The van der Waals surface area contributed by atoms with Crippen LogP contribution in [0, 0.1) is 27.7 Å². The molecule has 0 aliphatic heterocycles. The van der Waals surface area contributed by atoms with E-state index in [0.29, 0.717) is 13.1 Å². The zero-order valence-corrected chi connectivity index (χ0v) is 35.7. The first-order chi connectivity index (χ1) is 22.8. The van der Waals surface area contributed by atoms with Crippen LogP contribution < -0.4 is 20.8 Å². The van der Waals surface area contributed by atoms with Gasteiger partial charge in [0, 0.05) is 24.5 Å². The van der Waals surface area contributed by atoms with Gasteiger partial charge in [0.1, 0.15) is 0 Å². The second-order valence-electron chi connectivity index (χ2n) is 18.3. The SMILES string of the molecule is Cc1cccc(C)c1NCc1cc(C(C)(C)C)cc(C(C)(C)C)c1[O-].Cc1cccc(C)c1NCc1cc(C(C)(C)C)cc(C(C)(C)C)c1[O-].[Cr+4]. The Morgan fingerprint density at radius 1 is 0.451 bits per heavy atom. The fraction of sp³-hybridized carbons (Fsp3) is 0.478. The molecule has 0 saturated heterocycles. The molecule has 0 aliphatic rings. The van der Waals surface area contributed by atoms with Crippen molar-refractivity contribution in [2.45, 2.75) is 146 Å². The topological polar surface area (TPSA) is 70.2 Å². The van der Waals surface area contributed by atoms with Crippen molar-refractivity contribution in [1.29, 1.82) is 0 Å². The fourth-order valence-electron chi connectivity index (χ4n) is 6.17. The second-order valence-corrected chi connectivity index (χ2v) is 18.3. The number of para-hydroxylation sites is 2. The van der Waals surface area contributed by atoms with E-state index in [-0.39, 0.29) is 50.5 Å². The number of benzene rings is 4. The van der Waals surface area contributed by atoms with Crippen LogP contribution in [0.4, 0.5) is 11.4 Å². The van der Waals surface area contributed by atoms with Gasteiger partial charge in [-0.25, -0.2) is 0 Å². The van der Waals surface area contributed by atoms with Crippen molar-refractivity contribution in [2.24, 2.45) is 0 Å². The van der Waals surface area contributed by atoms with Crippen LogP contribution in [0.2, 0.25) is 0 Å². The molecule has 0 atom stereocenters. The molecule has 0 radical (unpaired) electrons. The van der Waals surface area contributed by atoms with Crippen molar-refractivity contribution in [3.63, 3.8) is 0 Å². The van der Waals surface area contributed by atoms with Crippen LogP contribution in [0.25, 0.3) is 0 Å². The number of aryl methyl sites for hydroxylation is 4. The second kappa shape index (κ2) is 16.5. The van der Waals surface area contributed by atoms with Gasteiger partial charge in [-0.05, 0) is 105 Å². The van der Waals surface area contributed by atoms with Crippen LogP contribution in [0.5, 0.6) is 11.5 Å². The third-order valence-corrected chi connectivity index (χ3v) is 9.55. The molecule has 2 N–H and O–H groups in total. The van der Waals surface area contributed by atoms with E-state index in [1.807, 2.05) is 0 Å². The van der Waals surface area contributed by atoms with Gasteiger partial charge >= 0.3 is 17.4 Å². The van der Waals surface area contributed by atoms with E-state index in [0.717, 1.165) is 33.6 Å². The zero-order chi connectivity index (χ0) is 38.0. The van der Waals surface area contributed by atoms with Gasteiger partial charge in [-0.2, -0.15) is 0 Å². The molecule has 0 bridgehead atoms. The Morgan fingerprint density at radius 3 is 0.961 bits per heavy atom. The van der Waals surface area contributed by atoms with Gasteiger partial charge in [0.05, 0.1) is 0 Å². The van der Waals surface area contributed by atoms with Gasteiger partial charge in [0.25, 0.3) is 0 Å². The third-order valence-electron chi connectivity index (χ3n) is 9.55. The molecule has 51 heavy (non-hydrogen) atoms. The Morgan fingerprint density at radius 2 is 0.725 bits per heavy atom. The van der Waals surface area contributed by atoms with E-state index in [4.69, 9.17) is 0 Å². The van der Waals surface area contributed by atoms with Crippen molar-refractivity contribution >= 4 is 11.4 Å². The Kier molecular flexibility index (Phi) is 14.2. The molecule has 274 valence electrons. The molecule has 4 rings (SSSR count). The maximum Gasteiger partial charge on any atom is 4.00 e. The number of hydrogen-bond donors (Lipinski definition) is 2. The van der Waals surface area contributed by atoms with Crippen LogP contribution >= 0.6 is 0 Å². The summed E-state index contributed by atoms with van der Waals surface area (Å²) >= 11 is 0. The van der Waals surface area contributed by atoms with Crippen LogP contribution in [0.15, 0.2) is 60.7 Å². The monoisotopic (exact) mass is 728 g/mol. The molecule has 0 aromatic heterocycles. The summed E-state index contributed by atoms with van der Waals surface area (Å²) < 4.78 is 0. The van der Waals surface area contributed by atoms with Crippen LogP contribution in [0.1, 0.15) is 139 Å². The van der Waals surface area contributed by atoms with Gasteiger partial charge in [-0.15, -0.1) is 11.5 Å². The molecule has 4 aromatic rings. The van der Waals surface area contributed by atoms with Crippen molar-refractivity contribution in [2.75, 3.05) is 10.6 Å². The van der Waals surface area contributed by atoms with E-state index >= 15 is 0 Å². The van der Waals surface area contributed by atoms with E-state index < -0.39 is 0 Å². The fourth-order valence-corrected chi connectivity index (χ4v) is 6.17. The van der Waals surface area contributed by atoms with Gasteiger partial charge < -0.3 is 20.8 Å². The minimum atomic E-state index is -0.161. The third kappa shape index (κ3) is 11.3. The Labute approximate surface area is 321 Å². The molecule has 0 heterocycles. The first-order valence-electron chi connectivity index (χ1n) is 18.1. The van der Waals surface area contributed by atoms with Gasteiger partial charge in [-0.3, -0.25) is 0 Å². The van der Waals surface area contributed by atoms with Crippen LogP contribution in [-0.4, -0.2) is 0 Å². The first kappa shape index (κ1) is 43.8. The summed E-state index contributed by atoms with van der Waals surface area (Å²) in [7, 11) is 0. The Bertz CT molecular complexity index is 1620. The number of hydrogen-bond acceptors (Lipinski definition) is 4. The van der Waals surface area contributed by atoms with Crippen molar-refractivity contribution in [1.82, 2.24) is 0 Å². The molecule has 4 nitrogen and oxygen atoms in total. The largest absolute Gasteiger partial charge is 4.00 e. The molecular weight excluding hydrogens is 665 g/mol. The van der Waals surface area contributed by atoms with E-state index in [9.17, 15) is 10.2 Å². The molecule has 5 heteroatoms. The standard InChI is InChI=1S/2C23H33NO.Cr/c2*1-15-10-9-11-16(2)20(15)24-14-17-12-18(22(3,4)5)13-19(21(17)25)23(6,7)8;/h2*9-13,24-25H,14H2,1-8H3;/q;;+4/p-2. The molecule has 0 fully saturated rings. The molecule has 0 aliphatic carbocycles. The molecule has 0 amide bonds. The summed E-state index contributed by atoms with van der Waals surface area (Å²) in [6, 6.07) is 20.9. The smallest absolute Gasteiger partial charge is 0.872 e. The Balaban J connectivity index is 0.000000347. The molecule has 0 saturated carbocycles. The summed E-state index contributed by atoms with van der Waals surface area (Å²) in [5.74, 6) is 0.332. The summed E-state index contributed by atoms with van der Waals surface area (Å²) in [6.07, 6.45) is 0. The number of rotatable bonds is 6. The van der Waals surface area contributed by atoms with E-state index in [2.05, 4.69) is 182 Å². The minimum Gasteiger partial charge on any atom is -0.872 e. The van der Waals surface area contributed by atoms with Crippen LogP contribution in [0.3, 0.4) is 0 Å². The van der Waals surface area contributed by atoms with Crippen molar-refractivity contribution in [3.05, 3.63) is 116 Å². The zero-order valence-electron chi connectivity index (χ0n) is 34.4. The first-order valence-corrected chi connectivity index (χ1v) is 18.1. The average molecular weight is 729 g/mol. The Hall–Kier alpha value is -3.39. The van der Waals surface area contributed by atoms with Crippen LogP contribution in [-0.2, 0) is 52.1 Å². The normalized spacial score (nSPS) is 12.1. The summed E-state index contributed by atoms with van der Waals surface area (Å²) in [5, 5.41) is 33.1. The summed E-state index contributed by atoms with van der Waals surface area (Å²) in [4.78, 5) is 0. The van der Waals surface area contributed by atoms with Crippen molar-refractivity contribution < 1.29 is 27.6 Å². The van der Waals surface area contributed by atoms with E-state index in [1.54, 1.807) is 0 Å². The van der Waals surface area contributed by atoms with Gasteiger partial charge in [0.2, 0.25) is 0 Å². The van der Waals surface area contributed by atoms with Gasteiger partial charge in [0.15, 0.2) is 0 Å². The maximum absolute atomic E-state index is 13.0. The average Bonchev–Trinajstić information content (AvgIpc) is 2.96. The minimum absolute atomic E-state index is 0. The predicted molar refractivity (Wildman–Crippen MR) is 213 cm³/mol. The quantitative estimate of drug-likeness (QED) is 0.207. The van der Waals surface area contributed by atoms with Crippen molar-refractivity contribution in [3.8, 4) is 11.5 Å². The molecule has 0 spiro atoms. The predicted octanol–water partition coefficient (Wildman–Crippen LogP) is 11.2. The summed E-state index contributed by atoms with van der Waals surface area (Å²) in [6.45, 7) is 35.3. The maximum atomic E-state index is 13.0. The molecule has 4 aromatic carbocycles. The van der Waals surface area contributed by atoms with Gasteiger partial charge in [-0.1, -0.05) is 144 Å². The number of nitrogens with one attached hydrogen (secondary N) is 2. The summed E-state index contributed by atoms with van der Waals surface area (Å²) in [5.41, 5.74) is 12.7. The molecular formula is C46H64CrN2O2+2. The molecule has 0 unspecified atom stereocenters. The number of anilines is 2.